The average Bonchev–Trinajstić information content (AvgIpc) is 2.43. The van der Waals surface area contributed by atoms with Gasteiger partial charge in [-0.2, -0.15) is 0 Å². The first kappa shape index (κ1) is 15.8. The number of nitrogens with one attached hydrogen (secondary N) is 1. The van der Waals surface area contributed by atoms with Gasteiger partial charge in [-0.05, 0) is 31.0 Å². The van der Waals surface area contributed by atoms with Crippen LogP contribution in [0.15, 0.2) is 18.2 Å². The van der Waals surface area contributed by atoms with Crippen LogP contribution >= 0.6 is 0 Å². The van der Waals surface area contributed by atoms with E-state index in [2.05, 4.69) is 5.32 Å². The van der Waals surface area contributed by atoms with E-state index in [1.165, 1.54) is 7.11 Å². The number of ether oxygens (including phenoxy) is 1. The zero-order chi connectivity index (χ0) is 15.1. The Morgan fingerprint density at radius 3 is 2.75 bits per heavy atom. The molecular formula is C14H20N2O4. The van der Waals surface area contributed by atoms with Gasteiger partial charge in [0.15, 0.2) is 0 Å². The number of anilines is 1. The second kappa shape index (κ2) is 7.37. The quantitative estimate of drug-likeness (QED) is 0.519. The molecule has 0 saturated heterocycles. The molecule has 0 aliphatic rings. The predicted molar refractivity (Wildman–Crippen MR) is 75.8 cm³/mol. The van der Waals surface area contributed by atoms with Crippen LogP contribution in [0, 0.1) is 5.92 Å². The van der Waals surface area contributed by atoms with Crippen molar-refractivity contribution < 1.29 is 19.4 Å². The molecule has 110 valence electrons. The first-order chi connectivity index (χ1) is 9.45. The maximum atomic E-state index is 11.9. The molecule has 6 nitrogen and oxygen atoms in total. The Kier molecular flexibility index (Phi) is 5.83. The molecular weight excluding hydrogens is 260 g/mol. The zero-order valence-electron chi connectivity index (χ0n) is 11.7. The fourth-order valence-electron chi connectivity index (χ4n) is 1.69. The molecule has 0 radical (unpaired) electrons. The summed E-state index contributed by atoms with van der Waals surface area (Å²) in [7, 11) is 1.51. The van der Waals surface area contributed by atoms with Crippen molar-refractivity contribution in [2.45, 2.75) is 19.8 Å². The van der Waals surface area contributed by atoms with Gasteiger partial charge in [0.1, 0.15) is 5.75 Å². The lowest BCUT2D eigenvalue weighted by atomic mass is 10.1. The average molecular weight is 280 g/mol. The Bertz CT molecular complexity index is 488. The number of rotatable bonds is 7. The van der Waals surface area contributed by atoms with Gasteiger partial charge in [-0.25, -0.2) is 0 Å². The number of hydrogen-bond donors (Lipinski definition) is 3. The molecule has 1 rings (SSSR count). The lowest BCUT2D eigenvalue weighted by Gasteiger charge is -2.10. The molecule has 0 heterocycles. The standard InChI is InChI=1S/C14H20N2O4/c1-9(14(18)19)4-3-7-16-13(17)11-8-10(20-2)5-6-12(11)15/h5-6,8-9H,3-4,7,15H2,1-2H3,(H,16,17)(H,18,19). The van der Waals surface area contributed by atoms with Crippen LogP contribution in [0.4, 0.5) is 5.69 Å². The van der Waals surface area contributed by atoms with Gasteiger partial charge in [0.2, 0.25) is 0 Å². The number of carboxylic acid groups (broad SMARTS) is 1. The Balaban J connectivity index is 2.49. The van der Waals surface area contributed by atoms with E-state index in [1.807, 2.05) is 0 Å². The summed E-state index contributed by atoms with van der Waals surface area (Å²) in [5, 5.41) is 11.5. The Labute approximate surface area is 117 Å². The third kappa shape index (κ3) is 4.46. The number of carbonyl (C=O) groups excluding carboxylic acids is 1. The third-order valence-electron chi connectivity index (χ3n) is 3.03. The van der Waals surface area contributed by atoms with Gasteiger partial charge in [0.05, 0.1) is 18.6 Å². The van der Waals surface area contributed by atoms with E-state index >= 15 is 0 Å². The molecule has 0 saturated carbocycles. The van der Waals surface area contributed by atoms with Crippen molar-refractivity contribution in [3.05, 3.63) is 23.8 Å². The van der Waals surface area contributed by atoms with Gasteiger partial charge in [0, 0.05) is 12.2 Å². The van der Waals surface area contributed by atoms with Crippen molar-refractivity contribution in [2.24, 2.45) is 5.92 Å². The molecule has 0 spiro atoms. The summed E-state index contributed by atoms with van der Waals surface area (Å²) in [6, 6.07) is 4.87. The van der Waals surface area contributed by atoms with E-state index in [4.69, 9.17) is 15.6 Å². The number of carboxylic acids is 1. The summed E-state index contributed by atoms with van der Waals surface area (Å²) in [6.07, 6.45) is 1.12. The lowest BCUT2D eigenvalue weighted by molar-refractivity contribution is -0.141. The molecule has 0 aliphatic heterocycles. The van der Waals surface area contributed by atoms with Crippen LogP contribution in [0.1, 0.15) is 30.1 Å². The minimum atomic E-state index is -0.826. The van der Waals surface area contributed by atoms with Gasteiger partial charge in [0.25, 0.3) is 5.91 Å². The highest BCUT2D eigenvalue weighted by molar-refractivity contribution is 5.99. The number of aliphatic carboxylic acids is 1. The number of methoxy groups -OCH3 is 1. The number of carbonyl (C=O) groups is 2. The minimum absolute atomic E-state index is 0.288. The predicted octanol–water partition coefficient (Wildman–Crippen LogP) is 1.51. The highest BCUT2D eigenvalue weighted by Crippen LogP contribution is 2.19. The van der Waals surface area contributed by atoms with Crippen molar-refractivity contribution in [1.29, 1.82) is 0 Å². The number of benzene rings is 1. The normalized spacial score (nSPS) is 11.7. The lowest BCUT2D eigenvalue weighted by Crippen LogP contribution is -2.26. The van der Waals surface area contributed by atoms with E-state index < -0.39 is 11.9 Å². The number of amides is 1. The summed E-state index contributed by atoms with van der Waals surface area (Å²) in [6.45, 7) is 2.05. The molecule has 1 unspecified atom stereocenters. The zero-order valence-corrected chi connectivity index (χ0v) is 11.7. The molecule has 0 fully saturated rings. The van der Waals surface area contributed by atoms with Gasteiger partial charge >= 0.3 is 5.97 Å². The SMILES string of the molecule is COc1ccc(N)c(C(=O)NCCCC(C)C(=O)O)c1. The molecule has 1 amide bonds. The summed E-state index contributed by atoms with van der Waals surface area (Å²) >= 11 is 0. The first-order valence-corrected chi connectivity index (χ1v) is 6.40. The van der Waals surface area contributed by atoms with Crippen LogP contribution in [-0.2, 0) is 4.79 Å². The molecule has 0 bridgehead atoms. The summed E-state index contributed by atoms with van der Waals surface area (Å²) in [5.41, 5.74) is 6.48. The Hall–Kier alpha value is -2.24. The summed E-state index contributed by atoms with van der Waals surface area (Å²) < 4.78 is 5.04. The third-order valence-corrected chi connectivity index (χ3v) is 3.03. The first-order valence-electron chi connectivity index (χ1n) is 6.40. The van der Waals surface area contributed by atoms with E-state index in [9.17, 15) is 9.59 Å². The summed E-state index contributed by atoms with van der Waals surface area (Å²) in [5.74, 6) is -0.963. The number of nitrogens with two attached hydrogens (primary N) is 1. The monoisotopic (exact) mass is 280 g/mol. The minimum Gasteiger partial charge on any atom is -0.497 e. The van der Waals surface area contributed by atoms with Crippen LogP contribution in [0.3, 0.4) is 0 Å². The molecule has 1 aromatic rings. The van der Waals surface area contributed by atoms with Crippen LogP contribution < -0.4 is 15.8 Å². The highest BCUT2D eigenvalue weighted by atomic mass is 16.5. The van der Waals surface area contributed by atoms with Crippen molar-refractivity contribution in [2.75, 3.05) is 19.4 Å². The van der Waals surface area contributed by atoms with Gasteiger partial charge in [-0.3, -0.25) is 9.59 Å². The van der Waals surface area contributed by atoms with Crippen molar-refractivity contribution in [1.82, 2.24) is 5.32 Å². The smallest absolute Gasteiger partial charge is 0.306 e. The molecule has 1 aromatic carbocycles. The maximum Gasteiger partial charge on any atom is 0.306 e. The fraction of sp³-hybridized carbons (Fsp3) is 0.429. The van der Waals surface area contributed by atoms with E-state index in [1.54, 1.807) is 25.1 Å². The van der Waals surface area contributed by atoms with Crippen molar-refractivity contribution >= 4 is 17.6 Å². The van der Waals surface area contributed by atoms with Crippen LogP contribution in [0.5, 0.6) is 5.75 Å². The van der Waals surface area contributed by atoms with Crippen LogP contribution in [-0.4, -0.2) is 30.6 Å². The van der Waals surface area contributed by atoms with Crippen molar-refractivity contribution in [3.63, 3.8) is 0 Å². The topological polar surface area (TPSA) is 102 Å². The maximum absolute atomic E-state index is 11.9. The van der Waals surface area contributed by atoms with Gasteiger partial charge < -0.3 is 20.9 Å². The Morgan fingerprint density at radius 1 is 1.45 bits per heavy atom. The molecule has 20 heavy (non-hydrogen) atoms. The fourth-order valence-corrected chi connectivity index (χ4v) is 1.69. The van der Waals surface area contributed by atoms with Crippen molar-refractivity contribution in [3.8, 4) is 5.75 Å². The molecule has 0 aliphatic carbocycles. The van der Waals surface area contributed by atoms with Gasteiger partial charge in [-0.1, -0.05) is 6.92 Å². The molecule has 6 heteroatoms. The molecule has 0 aromatic heterocycles. The van der Waals surface area contributed by atoms with E-state index in [0.29, 0.717) is 36.4 Å². The number of nitrogen functional groups attached to an aromatic ring is 1. The van der Waals surface area contributed by atoms with E-state index in [-0.39, 0.29) is 5.91 Å². The van der Waals surface area contributed by atoms with E-state index in [0.717, 1.165) is 0 Å². The highest BCUT2D eigenvalue weighted by Gasteiger charge is 2.12. The number of hydrogen-bond acceptors (Lipinski definition) is 4. The second-order valence-electron chi connectivity index (χ2n) is 4.59. The Morgan fingerprint density at radius 2 is 2.15 bits per heavy atom. The molecule has 1 atom stereocenters. The van der Waals surface area contributed by atoms with Crippen LogP contribution in [0.25, 0.3) is 0 Å². The molecule has 4 N–H and O–H groups in total. The summed E-state index contributed by atoms with van der Waals surface area (Å²) in [4.78, 5) is 22.6. The van der Waals surface area contributed by atoms with Crippen LogP contribution in [0.2, 0.25) is 0 Å². The van der Waals surface area contributed by atoms with Gasteiger partial charge in [-0.15, -0.1) is 0 Å². The second-order valence-corrected chi connectivity index (χ2v) is 4.59. The largest absolute Gasteiger partial charge is 0.497 e.